The minimum absolute atomic E-state index is 0.110. The molecule has 1 amide bonds. The molecule has 1 aromatic carbocycles. The van der Waals surface area contributed by atoms with E-state index in [1.54, 1.807) is 18.6 Å². The van der Waals surface area contributed by atoms with E-state index in [9.17, 15) is 4.79 Å². The summed E-state index contributed by atoms with van der Waals surface area (Å²) in [5.41, 5.74) is 12.3. The van der Waals surface area contributed by atoms with Crippen molar-refractivity contribution in [2.75, 3.05) is 5.32 Å². The van der Waals surface area contributed by atoms with Gasteiger partial charge in [0.05, 0.1) is 23.0 Å². The zero-order valence-electron chi connectivity index (χ0n) is 18.7. The largest absolute Gasteiger partial charge is 0.403 e. The van der Waals surface area contributed by atoms with Gasteiger partial charge in [0, 0.05) is 36.9 Å². The lowest BCUT2D eigenvalue weighted by atomic mass is 10.1. The van der Waals surface area contributed by atoms with Crippen molar-refractivity contribution < 1.29 is 4.79 Å². The molecule has 2 aromatic rings. The second-order valence-corrected chi connectivity index (χ2v) is 7.78. The van der Waals surface area contributed by atoms with E-state index in [2.05, 4.69) is 39.4 Å². The quantitative estimate of drug-likeness (QED) is 0.437. The molecule has 0 spiro atoms. The van der Waals surface area contributed by atoms with Gasteiger partial charge in [-0.3, -0.25) is 19.8 Å². The van der Waals surface area contributed by atoms with Crippen LogP contribution in [0.4, 0.5) is 5.69 Å². The first-order chi connectivity index (χ1) is 15.4. The van der Waals surface area contributed by atoms with E-state index in [0.717, 1.165) is 28.8 Å². The van der Waals surface area contributed by atoms with Gasteiger partial charge >= 0.3 is 0 Å². The van der Waals surface area contributed by atoms with Gasteiger partial charge in [-0.15, -0.1) is 0 Å². The van der Waals surface area contributed by atoms with Gasteiger partial charge in [-0.2, -0.15) is 0 Å². The lowest BCUT2D eigenvalue weighted by molar-refractivity contribution is 0.102. The Morgan fingerprint density at radius 3 is 2.75 bits per heavy atom. The summed E-state index contributed by atoms with van der Waals surface area (Å²) < 4.78 is 0. The Morgan fingerprint density at radius 1 is 1.28 bits per heavy atom. The number of hydrogen-bond acceptors (Lipinski definition) is 5. The summed E-state index contributed by atoms with van der Waals surface area (Å²) >= 11 is 0. The maximum Gasteiger partial charge on any atom is 0.257 e. The summed E-state index contributed by atoms with van der Waals surface area (Å²) in [5, 5.41) is 2.96. The second kappa shape index (κ2) is 10.5. The Kier molecular flexibility index (Phi) is 7.49. The maximum absolute atomic E-state index is 12.7. The van der Waals surface area contributed by atoms with Crippen LogP contribution in [0.15, 0.2) is 88.4 Å². The predicted octanol–water partition coefficient (Wildman–Crippen LogP) is 4.99. The molecule has 1 radical (unpaired) electrons. The molecule has 1 atom stereocenters. The molecule has 3 N–H and O–H groups in total. The summed E-state index contributed by atoms with van der Waals surface area (Å²) in [5.74, 6) is -0.189. The molecule has 3 rings (SSSR count). The molecular weight excluding hydrogens is 398 g/mol. The summed E-state index contributed by atoms with van der Waals surface area (Å²) in [6.45, 7) is 9.57. The van der Waals surface area contributed by atoms with Crippen LogP contribution in [0.25, 0.3) is 0 Å². The van der Waals surface area contributed by atoms with Gasteiger partial charge in [0.2, 0.25) is 0 Å². The number of benzene rings is 1. The molecule has 0 fully saturated rings. The number of aliphatic imine (C=N–C) groups is 2. The van der Waals surface area contributed by atoms with E-state index in [0.29, 0.717) is 16.9 Å². The summed E-state index contributed by atoms with van der Waals surface area (Å²) in [7, 11) is 0. The van der Waals surface area contributed by atoms with Gasteiger partial charge in [-0.25, -0.2) is 0 Å². The number of hydrogen-bond donors (Lipinski definition) is 2. The van der Waals surface area contributed by atoms with Gasteiger partial charge in [0.15, 0.2) is 0 Å². The third-order valence-corrected chi connectivity index (χ3v) is 4.88. The van der Waals surface area contributed by atoms with Crippen molar-refractivity contribution in [3.63, 3.8) is 0 Å². The molecule has 1 aliphatic rings. The van der Waals surface area contributed by atoms with E-state index in [4.69, 9.17) is 5.73 Å². The molecule has 0 bridgehead atoms. The average molecular weight is 427 g/mol. The lowest BCUT2D eigenvalue weighted by Gasteiger charge is -2.11. The molecule has 0 saturated carbocycles. The molecule has 0 aliphatic heterocycles. The Balaban J connectivity index is 1.68. The van der Waals surface area contributed by atoms with E-state index in [1.807, 2.05) is 51.1 Å². The number of pyridine rings is 1. The standard InChI is InChI=1S/C26H28N5O/c1-17(2)25(13-27)29-14-18(3)30-19(4)22-6-5-7-24(12-22)31-26(32)23-11-21(15-28-16-23)10-20-8-9-20/h5-9,11-16,19H,1,10,27H2,2-4H3,(H,31,32)/b25-13+,29-14?,30-18?/t19-/m0/s1. The van der Waals surface area contributed by atoms with E-state index < -0.39 is 0 Å². The Bertz CT molecular complexity index is 1140. The van der Waals surface area contributed by atoms with Crippen LogP contribution in [0.3, 0.4) is 0 Å². The van der Waals surface area contributed by atoms with Crippen LogP contribution < -0.4 is 11.1 Å². The van der Waals surface area contributed by atoms with Crippen molar-refractivity contribution >= 4 is 23.5 Å². The fraction of sp³-hybridized carbons (Fsp3) is 0.192. The first-order valence-corrected chi connectivity index (χ1v) is 10.4. The van der Waals surface area contributed by atoms with E-state index in [-0.39, 0.29) is 11.9 Å². The molecule has 0 saturated heterocycles. The Hall–Kier alpha value is -3.80. The van der Waals surface area contributed by atoms with Crippen LogP contribution in [-0.2, 0) is 6.42 Å². The zero-order valence-corrected chi connectivity index (χ0v) is 18.7. The number of carbonyl (C=O) groups excluding carboxylic acids is 1. The third kappa shape index (κ3) is 6.60. The van der Waals surface area contributed by atoms with Crippen LogP contribution in [-0.4, -0.2) is 22.8 Å². The fourth-order valence-electron chi connectivity index (χ4n) is 3.07. The molecule has 32 heavy (non-hydrogen) atoms. The van der Waals surface area contributed by atoms with Gasteiger partial charge in [0.1, 0.15) is 0 Å². The smallest absolute Gasteiger partial charge is 0.257 e. The van der Waals surface area contributed by atoms with E-state index >= 15 is 0 Å². The van der Waals surface area contributed by atoms with E-state index in [1.165, 1.54) is 11.8 Å². The van der Waals surface area contributed by atoms with Crippen LogP contribution in [0.5, 0.6) is 0 Å². The van der Waals surface area contributed by atoms with Crippen molar-refractivity contribution in [3.8, 4) is 0 Å². The summed E-state index contributed by atoms with van der Waals surface area (Å²) in [6.07, 6.45) is 11.4. The van der Waals surface area contributed by atoms with Gasteiger partial charge in [-0.1, -0.05) is 30.4 Å². The number of nitrogens with two attached hydrogens (primary N) is 1. The van der Waals surface area contributed by atoms with Gasteiger partial charge in [-0.05, 0) is 62.1 Å². The highest BCUT2D eigenvalue weighted by Crippen LogP contribution is 2.23. The highest BCUT2D eigenvalue weighted by molar-refractivity contribution is 6.29. The highest BCUT2D eigenvalue weighted by atomic mass is 16.1. The number of amides is 1. The number of anilines is 1. The molecule has 1 aromatic heterocycles. The molecule has 0 unspecified atom stereocenters. The van der Waals surface area contributed by atoms with Crippen molar-refractivity contribution in [1.29, 1.82) is 0 Å². The molecule has 6 nitrogen and oxygen atoms in total. The van der Waals surface area contributed by atoms with Crippen LogP contribution in [0.1, 0.15) is 48.3 Å². The second-order valence-electron chi connectivity index (χ2n) is 7.78. The highest BCUT2D eigenvalue weighted by Gasteiger charge is 2.12. The molecule has 6 heteroatoms. The van der Waals surface area contributed by atoms with Crippen molar-refractivity contribution in [2.45, 2.75) is 33.2 Å². The van der Waals surface area contributed by atoms with Crippen LogP contribution >= 0.6 is 0 Å². The first kappa shape index (κ1) is 22.9. The number of nitrogens with zero attached hydrogens (tertiary/aromatic N) is 3. The zero-order chi connectivity index (χ0) is 23.1. The van der Waals surface area contributed by atoms with Crippen molar-refractivity contribution in [1.82, 2.24) is 4.98 Å². The number of nitrogens with one attached hydrogen (secondary N) is 1. The summed E-state index contributed by atoms with van der Waals surface area (Å²) in [4.78, 5) is 25.9. The fourth-order valence-corrected chi connectivity index (χ4v) is 3.07. The minimum atomic E-state index is -0.189. The van der Waals surface area contributed by atoms with Gasteiger partial charge < -0.3 is 11.1 Å². The lowest BCUT2D eigenvalue weighted by Crippen LogP contribution is -2.13. The Morgan fingerprint density at radius 2 is 2.06 bits per heavy atom. The first-order valence-electron chi connectivity index (χ1n) is 10.4. The summed E-state index contributed by atoms with van der Waals surface area (Å²) in [6, 6.07) is 9.44. The normalized spacial score (nSPS) is 14.8. The van der Waals surface area contributed by atoms with Gasteiger partial charge in [0.25, 0.3) is 5.91 Å². The number of rotatable bonds is 9. The number of aromatic nitrogens is 1. The molecule has 1 aliphatic carbocycles. The van der Waals surface area contributed by atoms with Crippen LogP contribution in [0, 0.1) is 6.42 Å². The van der Waals surface area contributed by atoms with Crippen molar-refractivity contribution in [3.05, 3.63) is 102 Å². The SMILES string of the molecule is C=C(C)/C(=C\N)N=CC(C)=N[C@@H](C)c1cccc(NC(=O)c2cncc(CC3=C[CH]3)c2)c1. The monoisotopic (exact) mass is 426 g/mol. The predicted molar refractivity (Wildman–Crippen MR) is 132 cm³/mol. The minimum Gasteiger partial charge on any atom is -0.403 e. The molecule has 163 valence electrons. The number of carbonyl (C=O) groups is 1. The third-order valence-electron chi connectivity index (χ3n) is 4.88. The Labute approximate surface area is 189 Å². The molecular formula is C26H28N5O. The topological polar surface area (TPSA) is 92.7 Å². The van der Waals surface area contributed by atoms with Crippen LogP contribution in [0.2, 0.25) is 0 Å². The van der Waals surface area contributed by atoms with Crippen molar-refractivity contribution in [2.24, 2.45) is 15.7 Å². The maximum atomic E-state index is 12.7. The molecule has 1 heterocycles. The average Bonchev–Trinajstić information content (AvgIpc) is 3.58. The number of allylic oxidation sites excluding steroid dienone is 3.